The van der Waals surface area contributed by atoms with Gasteiger partial charge in [-0.25, -0.2) is 0 Å². The highest BCUT2D eigenvalue weighted by Gasteiger charge is 2.32. The SMILES string of the molecule is Cc1nc(C2CCCN2C(=O)CCn2ccccc2=O)no1. The average molecular weight is 302 g/mol. The number of nitrogens with zero attached hydrogens (tertiary/aromatic N) is 4. The molecule has 116 valence electrons. The highest BCUT2D eigenvalue weighted by atomic mass is 16.5. The Balaban J connectivity index is 1.66. The van der Waals surface area contributed by atoms with Crippen LogP contribution in [-0.4, -0.2) is 32.1 Å². The van der Waals surface area contributed by atoms with Gasteiger partial charge in [0.1, 0.15) is 0 Å². The molecule has 3 rings (SSSR count). The third-order valence-corrected chi connectivity index (χ3v) is 3.88. The molecule has 0 aliphatic carbocycles. The van der Waals surface area contributed by atoms with Gasteiger partial charge < -0.3 is 14.0 Å². The van der Waals surface area contributed by atoms with Crippen molar-refractivity contribution in [1.29, 1.82) is 0 Å². The average Bonchev–Trinajstić information content (AvgIpc) is 3.14. The van der Waals surface area contributed by atoms with Gasteiger partial charge in [-0.3, -0.25) is 9.59 Å². The van der Waals surface area contributed by atoms with Crippen molar-refractivity contribution in [3.63, 3.8) is 0 Å². The van der Waals surface area contributed by atoms with E-state index in [0.717, 1.165) is 12.8 Å². The van der Waals surface area contributed by atoms with Crippen molar-refractivity contribution < 1.29 is 9.32 Å². The molecule has 0 radical (unpaired) electrons. The topological polar surface area (TPSA) is 81.2 Å². The number of amides is 1. The third kappa shape index (κ3) is 2.93. The smallest absolute Gasteiger partial charge is 0.250 e. The van der Waals surface area contributed by atoms with E-state index in [4.69, 9.17) is 4.52 Å². The number of likely N-dealkylation sites (tertiary alicyclic amines) is 1. The third-order valence-electron chi connectivity index (χ3n) is 3.88. The standard InChI is InChI=1S/C15H18N4O3/c1-11-16-15(17-22-11)12-5-4-9-19(12)14(21)7-10-18-8-3-2-6-13(18)20/h2-3,6,8,12H,4-5,7,9-10H2,1H3. The minimum Gasteiger partial charge on any atom is -0.340 e. The molecule has 1 saturated heterocycles. The van der Waals surface area contributed by atoms with E-state index in [2.05, 4.69) is 10.1 Å². The summed E-state index contributed by atoms with van der Waals surface area (Å²) in [6.07, 6.45) is 3.75. The molecule has 0 saturated carbocycles. The molecule has 1 amide bonds. The van der Waals surface area contributed by atoms with Crippen LogP contribution in [0.15, 0.2) is 33.7 Å². The molecule has 1 atom stereocenters. The Morgan fingerprint density at radius 1 is 1.45 bits per heavy atom. The van der Waals surface area contributed by atoms with Crippen molar-refractivity contribution in [3.05, 3.63) is 46.5 Å². The van der Waals surface area contributed by atoms with Gasteiger partial charge in [0.15, 0.2) is 5.82 Å². The van der Waals surface area contributed by atoms with Crippen LogP contribution in [0.1, 0.15) is 37.0 Å². The summed E-state index contributed by atoms with van der Waals surface area (Å²) >= 11 is 0. The van der Waals surface area contributed by atoms with Crippen LogP contribution in [-0.2, 0) is 11.3 Å². The van der Waals surface area contributed by atoms with Crippen LogP contribution in [0.5, 0.6) is 0 Å². The zero-order valence-corrected chi connectivity index (χ0v) is 12.4. The first-order chi connectivity index (χ1) is 10.6. The Morgan fingerprint density at radius 2 is 2.32 bits per heavy atom. The van der Waals surface area contributed by atoms with E-state index in [1.807, 2.05) is 0 Å². The van der Waals surface area contributed by atoms with Crippen LogP contribution < -0.4 is 5.56 Å². The predicted molar refractivity (Wildman–Crippen MR) is 78.0 cm³/mol. The zero-order valence-electron chi connectivity index (χ0n) is 12.4. The van der Waals surface area contributed by atoms with E-state index >= 15 is 0 Å². The van der Waals surface area contributed by atoms with Gasteiger partial charge in [0.05, 0.1) is 6.04 Å². The molecule has 0 aromatic carbocycles. The minimum atomic E-state index is -0.113. The van der Waals surface area contributed by atoms with E-state index in [9.17, 15) is 9.59 Å². The van der Waals surface area contributed by atoms with E-state index in [1.54, 1.807) is 34.7 Å². The molecule has 1 aliphatic rings. The second-order valence-corrected chi connectivity index (χ2v) is 5.40. The lowest BCUT2D eigenvalue weighted by Crippen LogP contribution is -2.32. The fraction of sp³-hybridized carbons (Fsp3) is 0.467. The maximum atomic E-state index is 12.4. The van der Waals surface area contributed by atoms with Crippen molar-refractivity contribution in [2.45, 2.75) is 38.8 Å². The van der Waals surface area contributed by atoms with E-state index in [0.29, 0.717) is 24.8 Å². The predicted octanol–water partition coefficient (Wildman–Crippen LogP) is 1.29. The van der Waals surface area contributed by atoms with Gasteiger partial charge in [0, 0.05) is 38.7 Å². The molecule has 0 spiro atoms. The van der Waals surface area contributed by atoms with Gasteiger partial charge in [-0.15, -0.1) is 0 Å². The number of aryl methyl sites for hydroxylation is 2. The van der Waals surface area contributed by atoms with Crippen molar-refractivity contribution in [2.24, 2.45) is 0 Å². The molecular weight excluding hydrogens is 284 g/mol. The van der Waals surface area contributed by atoms with Crippen LogP contribution in [0.3, 0.4) is 0 Å². The summed E-state index contributed by atoms with van der Waals surface area (Å²) in [6, 6.07) is 4.85. The largest absolute Gasteiger partial charge is 0.340 e. The first-order valence-electron chi connectivity index (χ1n) is 7.40. The fourth-order valence-corrected chi connectivity index (χ4v) is 2.79. The van der Waals surface area contributed by atoms with Crippen molar-refractivity contribution in [1.82, 2.24) is 19.6 Å². The quantitative estimate of drug-likeness (QED) is 0.850. The van der Waals surface area contributed by atoms with Gasteiger partial charge in [0.2, 0.25) is 11.8 Å². The summed E-state index contributed by atoms with van der Waals surface area (Å²) in [4.78, 5) is 30.1. The Kier molecular flexibility index (Phi) is 4.04. The van der Waals surface area contributed by atoms with Gasteiger partial charge in [-0.05, 0) is 18.9 Å². The summed E-state index contributed by atoms with van der Waals surface area (Å²) in [6.45, 7) is 2.81. The number of aromatic nitrogens is 3. The molecule has 2 aromatic heterocycles. The number of rotatable bonds is 4. The van der Waals surface area contributed by atoms with Crippen molar-refractivity contribution in [2.75, 3.05) is 6.54 Å². The summed E-state index contributed by atoms with van der Waals surface area (Å²) in [5, 5.41) is 3.93. The molecule has 7 nitrogen and oxygen atoms in total. The highest BCUT2D eigenvalue weighted by molar-refractivity contribution is 5.76. The molecular formula is C15H18N4O3. The number of carbonyl (C=O) groups excluding carboxylic acids is 1. The first-order valence-corrected chi connectivity index (χ1v) is 7.40. The molecule has 0 N–H and O–H groups in total. The van der Waals surface area contributed by atoms with Crippen LogP contribution in [0.2, 0.25) is 0 Å². The number of hydrogen-bond acceptors (Lipinski definition) is 5. The Hall–Kier alpha value is -2.44. The molecule has 7 heteroatoms. The molecule has 1 unspecified atom stereocenters. The van der Waals surface area contributed by atoms with Crippen LogP contribution in [0.4, 0.5) is 0 Å². The summed E-state index contributed by atoms with van der Waals surface area (Å²) in [7, 11) is 0. The van der Waals surface area contributed by atoms with E-state index in [-0.39, 0.29) is 23.9 Å². The lowest BCUT2D eigenvalue weighted by molar-refractivity contribution is -0.132. The van der Waals surface area contributed by atoms with Gasteiger partial charge >= 0.3 is 0 Å². The number of carbonyl (C=O) groups is 1. The van der Waals surface area contributed by atoms with Crippen molar-refractivity contribution in [3.8, 4) is 0 Å². The fourth-order valence-electron chi connectivity index (χ4n) is 2.79. The first kappa shape index (κ1) is 14.5. The molecule has 22 heavy (non-hydrogen) atoms. The molecule has 2 aromatic rings. The van der Waals surface area contributed by atoms with E-state index in [1.165, 1.54) is 6.07 Å². The van der Waals surface area contributed by atoms with Gasteiger partial charge in [0.25, 0.3) is 5.56 Å². The monoisotopic (exact) mass is 302 g/mol. The maximum Gasteiger partial charge on any atom is 0.250 e. The Bertz CT molecular complexity index is 721. The summed E-state index contributed by atoms with van der Waals surface area (Å²) < 4.78 is 6.55. The van der Waals surface area contributed by atoms with Crippen LogP contribution in [0.25, 0.3) is 0 Å². The second-order valence-electron chi connectivity index (χ2n) is 5.40. The molecule has 1 fully saturated rings. The normalized spacial score (nSPS) is 17.9. The van der Waals surface area contributed by atoms with E-state index < -0.39 is 0 Å². The number of pyridine rings is 1. The second kappa shape index (κ2) is 6.13. The van der Waals surface area contributed by atoms with Crippen LogP contribution >= 0.6 is 0 Å². The zero-order chi connectivity index (χ0) is 15.5. The Morgan fingerprint density at radius 3 is 3.05 bits per heavy atom. The lowest BCUT2D eigenvalue weighted by atomic mass is 10.2. The Labute approximate surface area is 127 Å². The highest BCUT2D eigenvalue weighted by Crippen LogP contribution is 2.30. The van der Waals surface area contributed by atoms with Gasteiger partial charge in [-0.2, -0.15) is 4.98 Å². The molecule has 1 aliphatic heterocycles. The van der Waals surface area contributed by atoms with Crippen LogP contribution in [0, 0.1) is 6.92 Å². The number of hydrogen-bond donors (Lipinski definition) is 0. The maximum absolute atomic E-state index is 12.4. The van der Waals surface area contributed by atoms with Gasteiger partial charge in [-0.1, -0.05) is 11.2 Å². The minimum absolute atomic E-state index is 0.0145. The summed E-state index contributed by atoms with van der Waals surface area (Å²) in [5.41, 5.74) is -0.0953. The molecule has 3 heterocycles. The lowest BCUT2D eigenvalue weighted by Gasteiger charge is -2.22. The van der Waals surface area contributed by atoms with Crippen molar-refractivity contribution >= 4 is 5.91 Å². The summed E-state index contributed by atoms with van der Waals surface area (Å²) in [5.74, 6) is 1.09. The molecule has 0 bridgehead atoms.